The maximum absolute atomic E-state index is 12.3. The molecule has 1 aliphatic rings. The number of anilines is 1. The number of carbonyl (C=O) groups is 1. The molecule has 2 aromatic heterocycles. The molecule has 6 heteroatoms. The molecule has 0 bridgehead atoms. The van der Waals surface area contributed by atoms with Gasteiger partial charge in [0.15, 0.2) is 5.13 Å². The number of piperidine rings is 1. The normalized spacial score (nSPS) is 17.8. The SMILES string of the molecule is CC(C(=O)Nc1nccs1)N1CCC(Cc2cccnc2)CC1. The van der Waals surface area contributed by atoms with Crippen molar-refractivity contribution in [3.05, 3.63) is 41.7 Å². The summed E-state index contributed by atoms with van der Waals surface area (Å²) >= 11 is 1.45. The fraction of sp³-hybridized carbons (Fsp3) is 0.471. The van der Waals surface area contributed by atoms with Crippen LogP contribution in [0.15, 0.2) is 36.1 Å². The summed E-state index contributed by atoms with van der Waals surface area (Å²) in [7, 11) is 0. The predicted octanol–water partition coefficient (Wildman–Crippen LogP) is 2.82. The molecule has 3 rings (SSSR count). The van der Waals surface area contributed by atoms with Gasteiger partial charge < -0.3 is 5.32 Å². The average Bonchev–Trinajstić information content (AvgIpc) is 3.09. The number of nitrogens with one attached hydrogen (secondary N) is 1. The van der Waals surface area contributed by atoms with Crippen molar-refractivity contribution in [1.29, 1.82) is 0 Å². The van der Waals surface area contributed by atoms with Gasteiger partial charge in [-0.05, 0) is 56.8 Å². The Bertz CT molecular complexity index is 609. The van der Waals surface area contributed by atoms with Crippen LogP contribution >= 0.6 is 11.3 Å². The number of hydrogen-bond donors (Lipinski definition) is 1. The fourth-order valence-electron chi connectivity index (χ4n) is 3.06. The van der Waals surface area contributed by atoms with Gasteiger partial charge in [0.05, 0.1) is 6.04 Å². The summed E-state index contributed by atoms with van der Waals surface area (Å²) in [6.45, 7) is 3.92. The number of likely N-dealkylation sites (tertiary alicyclic amines) is 1. The van der Waals surface area contributed by atoms with Crippen molar-refractivity contribution in [2.75, 3.05) is 18.4 Å². The van der Waals surface area contributed by atoms with E-state index in [1.165, 1.54) is 16.9 Å². The maximum Gasteiger partial charge on any atom is 0.243 e. The van der Waals surface area contributed by atoms with Crippen LogP contribution in [-0.2, 0) is 11.2 Å². The predicted molar refractivity (Wildman–Crippen MR) is 92.4 cm³/mol. The van der Waals surface area contributed by atoms with Crippen molar-refractivity contribution < 1.29 is 4.79 Å². The highest BCUT2D eigenvalue weighted by Gasteiger charge is 2.27. The van der Waals surface area contributed by atoms with E-state index in [1.807, 2.05) is 30.8 Å². The first-order valence-electron chi connectivity index (χ1n) is 8.05. The Balaban J connectivity index is 1.47. The van der Waals surface area contributed by atoms with Crippen LogP contribution in [0.5, 0.6) is 0 Å². The number of carbonyl (C=O) groups excluding carboxylic acids is 1. The lowest BCUT2D eigenvalue weighted by molar-refractivity contribution is -0.121. The van der Waals surface area contributed by atoms with Gasteiger partial charge in [-0.25, -0.2) is 4.98 Å². The molecule has 1 aliphatic heterocycles. The molecule has 0 spiro atoms. The zero-order valence-corrected chi connectivity index (χ0v) is 14.1. The van der Waals surface area contributed by atoms with Crippen LogP contribution in [0.2, 0.25) is 0 Å². The van der Waals surface area contributed by atoms with Crippen molar-refractivity contribution in [2.45, 2.75) is 32.2 Å². The van der Waals surface area contributed by atoms with Crippen molar-refractivity contribution in [2.24, 2.45) is 5.92 Å². The first kappa shape index (κ1) is 16.1. The largest absolute Gasteiger partial charge is 0.301 e. The molecule has 0 aliphatic carbocycles. The van der Waals surface area contributed by atoms with Crippen molar-refractivity contribution in [1.82, 2.24) is 14.9 Å². The number of amides is 1. The van der Waals surface area contributed by atoms with E-state index < -0.39 is 0 Å². The molecule has 1 amide bonds. The van der Waals surface area contributed by atoms with E-state index in [1.54, 1.807) is 6.20 Å². The number of pyridine rings is 1. The van der Waals surface area contributed by atoms with E-state index in [0.717, 1.165) is 32.4 Å². The lowest BCUT2D eigenvalue weighted by Gasteiger charge is -2.35. The minimum atomic E-state index is -0.113. The summed E-state index contributed by atoms with van der Waals surface area (Å²) in [6, 6.07) is 4.03. The lowest BCUT2D eigenvalue weighted by atomic mass is 9.90. The van der Waals surface area contributed by atoms with Gasteiger partial charge in [-0.2, -0.15) is 0 Å². The minimum absolute atomic E-state index is 0.0330. The standard InChI is InChI=1S/C17H22N4OS/c1-13(16(22)20-17-19-7-10-23-17)21-8-4-14(5-9-21)11-15-3-2-6-18-12-15/h2-3,6-7,10,12-14H,4-5,8-9,11H2,1H3,(H,19,20,22). The van der Waals surface area contributed by atoms with Gasteiger partial charge in [0.1, 0.15) is 0 Å². The Morgan fingerprint density at radius 1 is 1.43 bits per heavy atom. The first-order chi connectivity index (χ1) is 11.2. The average molecular weight is 330 g/mol. The Morgan fingerprint density at radius 3 is 2.91 bits per heavy atom. The van der Waals surface area contributed by atoms with E-state index >= 15 is 0 Å². The highest BCUT2D eigenvalue weighted by atomic mass is 32.1. The summed E-state index contributed by atoms with van der Waals surface area (Å²) in [5.74, 6) is 0.718. The van der Waals surface area contributed by atoms with Gasteiger partial charge in [-0.3, -0.25) is 14.7 Å². The quantitative estimate of drug-likeness (QED) is 0.916. The number of nitrogens with zero attached hydrogens (tertiary/aromatic N) is 3. The number of hydrogen-bond acceptors (Lipinski definition) is 5. The Morgan fingerprint density at radius 2 is 2.26 bits per heavy atom. The number of thiazole rings is 1. The van der Waals surface area contributed by atoms with Gasteiger partial charge in [0, 0.05) is 24.0 Å². The lowest BCUT2D eigenvalue weighted by Crippen LogP contribution is -2.46. The molecule has 0 saturated carbocycles. The third kappa shape index (κ3) is 4.36. The summed E-state index contributed by atoms with van der Waals surface area (Å²) in [4.78, 5) is 22.8. The van der Waals surface area contributed by atoms with Crippen molar-refractivity contribution in [3.63, 3.8) is 0 Å². The fourth-order valence-corrected chi connectivity index (χ4v) is 3.59. The zero-order chi connectivity index (χ0) is 16.1. The molecule has 1 fully saturated rings. The van der Waals surface area contributed by atoms with E-state index in [4.69, 9.17) is 0 Å². The molecule has 23 heavy (non-hydrogen) atoms. The monoisotopic (exact) mass is 330 g/mol. The molecule has 0 radical (unpaired) electrons. The highest BCUT2D eigenvalue weighted by molar-refractivity contribution is 7.13. The third-order valence-corrected chi connectivity index (χ3v) is 5.17. The Hall–Kier alpha value is -1.79. The molecule has 0 aromatic carbocycles. The van der Waals surface area contributed by atoms with Crippen molar-refractivity contribution in [3.8, 4) is 0 Å². The van der Waals surface area contributed by atoms with Gasteiger partial charge >= 0.3 is 0 Å². The molecule has 2 aromatic rings. The molecule has 3 heterocycles. The summed E-state index contributed by atoms with van der Waals surface area (Å²) < 4.78 is 0. The molecule has 5 nitrogen and oxygen atoms in total. The first-order valence-corrected chi connectivity index (χ1v) is 8.93. The maximum atomic E-state index is 12.3. The van der Waals surface area contributed by atoms with E-state index in [-0.39, 0.29) is 11.9 Å². The molecular weight excluding hydrogens is 308 g/mol. The summed E-state index contributed by atoms with van der Waals surface area (Å²) in [5, 5.41) is 5.43. The van der Waals surface area contributed by atoms with Crippen LogP contribution < -0.4 is 5.32 Å². The molecule has 1 atom stereocenters. The molecule has 122 valence electrons. The van der Waals surface area contributed by atoms with Crippen LogP contribution in [0.3, 0.4) is 0 Å². The highest BCUT2D eigenvalue weighted by Crippen LogP contribution is 2.23. The van der Waals surface area contributed by atoms with Gasteiger partial charge in [0.25, 0.3) is 0 Å². The van der Waals surface area contributed by atoms with Gasteiger partial charge in [-0.1, -0.05) is 6.07 Å². The van der Waals surface area contributed by atoms with E-state index in [0.29, 0.717) is 11.0 Å². The zero-order valence-electron chi connectivity index (χ0n) is 13.3. The third-order valence-electron chi connectivity index (χ3n) is 4.49. The smallest absolute Gasteiger partial charge is 0.243 e. The summed E-state index contributed by atoms with van der Waals surface area (Å²) in [6.07, 6.45) is 8.81. The molecular formula is C17H22N4OS. The Kier molecular flexibility index (Phi) is 5.35. The topological polar surface area (TPSA) is 58.1 Å². The van der Waals surface area contributed by atoms with Crippen LogP contribution in [0.4, 0.5) is 5.13 Å². The van der Waals surface area contributed by atoms with Crippen molar-refractivity contribution >= 4 is 22.4 Å². The second-order valence-electron chi connectivity index (χ2n) is 6.05. The second kappa shape index (κ2) is 7.66. The van der Waals surface area contributed by atoms with Gasteiger partial charge in [-0.15, -0.1) is 11.3 Å². The van der Waals surface area contributed by atoms with Gasteiger partial charge in [0.2, 0.25) is 5.91 Å². The van der Waals surface area contributed by atoms with Crippen LogP contribution in [0.25, 0.3) is 0 Å². The van der Waals surface area contributed by atoms with E-state index in [9.17, 15) is 4.79 Å². The molecule has 1 unspecified atom stereocenters. The van der Waals surface area contributed by atoms with Crippen LogP contribution in [0, 0.1) is 5.92 Å². The van der Waals surface area contributed by atoms with E-state index in [2.05, 4.69) is 26.3 Å². The molecule has 1 saturated heterocycles. The number of rotatable bonds is 5. The number of aromatic nitrogens is 2. The van der Waals surface area contributed by atoms with Crippen LogP contribution in [0.1, 0.15) is 25.3 Å². The summed E-state index contributed by atoms with van der Waals surface area (Å²) in [5.41, 5.74) is 1.31. The van der Waals surface area contributed by atoms with Crippen LogP contribution in [-0.4, -0.2) is 39.9 Å². The second-order valence-corrected chi connectivity index (χ2v) is 6.94. The minimum Gasteiger partial charge on any atom is -0.301 e. The Labute approximate surface area is 140 Å². The molecule has 1 N–H and O–H groups in total.